The lowest BCUT2D eigenvalue weighted by atomic mass is 10.1. The lowest BCUT2D eigenvalue weighted by Gasteiger charge is -2.07. The molecule has 0 radical (unpaired) electrons. The number of nitrogens with zero attached hydrogens (tertiary/aromatic N) is 1. The molecule has 0 aliphatic carbocycles. The number of nitrogens with one attached hydrogen (secondary N) is 1. The molecule has 1 amide bonds. The quantitative estimate of drug-likeness (QED) is 0.808. The molecule has 5 nitrogen and oxygen atoms in total. The van der Waals surface area contributed by atoms with Crippen LogP contribution in [0.2, 0.25) is 0 Å². The Balaban J connectivity index is 2.05. The molecule has 0 fully saturated rings. The topological polar surface area (TPSA) is 81.2 Å². The average molecular weight is 245 g/mol. The number of benzene rings is 1. The molecule has 94 valence electrons. The van der Waals surface area contributed by atoms with Crippen LogP contribution in [-0.2, 0) is 6.54 Å². The Morgan fingerprint density at radius 3 is 2.83 bits per heavy atom. The van der Waals surface area contributed by atoms with Crippen molar-refractivity contribution in [2.24, 2.45) is 0 Å². The van der Waals surface area contributed by atoms with E-state index >= 15 is 0 Å². The zero-order valence-electron chi connectivity index (χ0n) is 10.4. The summed E-state index contributed by atoms with van der Waals surface area (Å²) in [4.78, 5) is 12.0. The Kier molecular flexibility index (Phi) is 3.32. The number of nitrogen functional groups attached to an aromatic ring is 1. The third-order valence-corrected chi connectivity index (χ3v) is 2.61. The molecule has 0 aliphatic rings. The predicted molar refractivity (Wildman–Crippen MR) is 68.0 cm³/mol. The van der Waals surface area contributed by atoms with Crippen molar-refractivity contribution in [1.29, 1.82) is 0 Å². The minimum absolute atomic E-state index is 0.172. The van der Waals surface area contributed by atoms with Gasteiger partial charge in [0.15, 0.2) is 5.76 Å². The largest absolute Gasteiger partial charge is 0.399 e. The fourth-order valence-electron chi connectivity index (χ4n) is 1.65. The Labute approximate surface area is 105 Å². The van der Waals surface area contributed by atoms with Gasteiger partial charge in [0, 0.05) is 17.3 Å². The van der Waals surface area contributed by atoms with E-state index in [9.17, 15) is 4.79 Å². The highest BCUT2D eigenvalue weighted by Gasteiger charge is 2.10. The number of anilines is 1. The Morgan fingerprint density at radius 2 is 2.17 bits per heavy atom. The van der Waals surface area contributed by atoms with Gasteiger partial charge in [-0.25, -0.2) is 0 Å². The van der Waals surface area contributed by atoms with E-state index in [4.69, 9.17) is 10.3 Å². The molecule has 0 saturated carbocycles. The summed E-state index contributed by atoms with van der Waals surface area (Å²) in [5.74, 6) is 0.455. The number of carbonyl (C=O) groups excluding carboxylic acids is 1. The van der Waals surface area contributed by atoms with Gasteiger partial charge in [0.05, 0.1) is 12.2 Å². The smallest absolute Gasteiger partial charge is 0.252 e. The van der Waals surface area contributed by atoms with Gasteiger partial charge in [-0.3, -0.25) is 4.79 Å². The Hall–Kier alpha value is -2.30. The minimum atomic E-state index is -0.172. The molecule has 5 heteroatoms. The van der Waals surface area contributed by atoms with Gasteiger partial charge in [-0.2, -0.15) is 0 Å². The molecule has 2 rings (SSSR count). The van der Waals surface area contributed by atoms with Crippen LogP contribution >= 0.6 is 0 Å². The molecule has 18 heavy (non-hydrogen) atoms. The maximum absolute atomic E-state index is 12.0. The fraction of sp³-hybridized carbons (Fsp3) is 0.231. The third kappa shape index (κ3) is 2.68. The molecule has 0 spiro atoms. The van der Waals surface area contributed by atoms with Crippen LogP contribution in [0.25, 0.3) is 0 Å². The maximum Gasteiger partial charge on any atom is 0.252 e. The number of amides is 1. The van der Waals surface area contributed by atoms with Crippen LogP contribution in [0.4, 0.5) is 5.69 Å². The molecule has 0 saturated heterocycles. The number of rotatable bonds is 3. The van der Waals surface area contributed by atoms with Crippen LogP contribution in [0.3, 0.4) is 0 Å². The van der Waals surface area contributed by atoms with Crippen molar-refractivity contribution in [2.75, 3.05) is 5.73 Å². The summed E-state index contributed by atoms with van der Waals surface area (Å²) in [5.41, 5.74) is 8.49. The van der Waals surface area contributed by atoms with E-state index in [0.29, 0.717) is 23.6 Å². The number of nitrogens with two attached hydrogens (primary N) is 1. The zero-order chi connectivity index (χ0) is 13.1. The molecule has 3 N–H and O–H groups in total. The van der Waals surface area contributed by atoms with Crippen molar-refractivity contribution < 1.29 is 9.32 Å². The van der Waals surface area contributed by atoms with E-state index in [2.05, 4.69) is 10.5 Å². The first-order chi connectivity index (χ1) is 8.56. The monoisotopic (exact) mass is 245 g/mol. The van der Waals surface area contributed by atoms with Gasteiger partial charge in [-0.05, 0) is 31.5 Å². The highest BCUT2D eigenvalue weighted by atomic mass is 16.5. The van der Waals surface area contributed by atoms with Crippen molar-refractivity contribution in [2.45, 2.75) is 20.4 Å². The van der Waals surface area contributed by atoms with Gasteiger partial charge in [0.25, 0.3) is 5.91 Å². The van der Waals surface area contributed by atoms with Gasteiger partial charge < -0.3 is 15.6 Å². The SMILES string of the molecule is Cc1cc(CNC(=O)c2cc(N)ccc2C)on1. The second kappa shape index (κ2) is 4.91. The van der Waals surface area contributed by atoms with Gasteiger partial charge in [-0.15, -0.1) is 0 Å². The van der Waals surface area contributed by atoms with E-state index in [0.717, 1.165) is 11.3 Å². The summed E-state index contributed by atoms with van der Waals surface area (Å²) >= 11 is 0. The van der Waals surface area contributed by atoms with E-state index in [-0.39, 0.29) is 5.91 Å². The molecule has 1 aromatic heterocycles. The fourth-order valence-corrected chi connectivity index (χ4v) is 1.65. The summed E-state index contributed by atoms with van der Waals surface area (Å²) in [6.07, 6.45) is 0. The van der Waals surface area contributed by atoms with Crippen LogP contribution in [0.15, 0.2) is 28.8 Å². The first kappa shape index (κ1) is 12.2. The molecule has 2 aromatic rings. The summed E-state index contributed by atoms with van der Waals surface area (Å²) in [5, 5.41) is 6.52. The number of hydrogen-bond acceptors (Lipinski definition) is 4. The standard InChI is InChI=1S/C13H15N3O2/c1-8-3-4-10(14)6-12(8)13(17)15-7-11-5-9(2)16-18-11/h3-6H,7,14H2,1-2H3,(H,15,17). The summed E-state index contributed by atoms with van der Waals surface area (Å²) < 4.78 is 5.02. The van der Waals surface area contributed by atoms with Gasteiger partial charge in [-0.1, -0.05) is 11.2 Å². The highest BCUT2D eigenvalue weighted by Crippen LogP contribution is 2.12. The average Bonchev–Trinajstić information content (AvgIpc) is 2.75. The van der Waals surface area contributed by atoms with E-state index < -0.39 is 0 Å². The number of aromatic nitrogens is 1. The summed E-state index contributed by atoms with van der Waals surface area (Å²) in [7, 11) is 0. The normalized spacial score (nSPS) is 10.3. The molecular formula is C13H15N3O2. The second-order valence-corrected chi connectivity index (χ2v) is 4.19. The first-order valence-electron chi connectivity index (χ1n) is 5.63. The van der Waals surface area contributed by atoms with Crippen molar-refractivity contribution in [3.8, 4) is 0 Å². The van der Waals surface area contributed by atoms with E-state index in [1.807, 2.05) is 19.9 Å². The molecule has 0 bridgehead atoms. The third-order valence-electron chi connectivity index (χ3n) is 2.61. The Morgan fingerprint density at radius 1 is 1.39 bits per heavy atom. The molecule has 0 atom stereocenters. The van der Waals surface area contributed by atoms with Crippen molar-refractivity contribution >= 4 is 11.6 Å². The van der Waals surface area contributed by atoms with Crippen molar-refractivity contribution in [1.82, 2.24) is 10.5 Å². The molecule has 0 unspecified atom stereocenters. The molecule has 0 aliphatic heterocycles. The van der Waals surface area contributed by atoms with Crippen LogP contribution < -0.4 is 11.1 Å². The van der Waals surface area contributed by atoms with E-state index in [1.165, 1.54) is 0 Å². The second-order valence-electron chi connectivity index (χ2n) is 4.19. The zero-order valence-corrected chi connectivity index (χ0v) is 10.4. The first-order valence-corrected chi connectivity index (χ1v) is 5.63. The van der Waals surface area contributed by atoms with Crippen LogP contribution in [0, 0.1) is 13.8 Å². The van der Waals surface area contributed by atoms with Crippen molar-refractivity contribution in [3.05, 3.63) is 46.8 Å². The molecule has 1 aromatic carbocycles. The van der Waals surface area contributed by atoms with Gasteiger partial charge in [0.2, 0.25) is 0 Å². The lowest BCUT2D eigenvalue weighted by molar-refractivity contribution is 0.0946. The lowest BCUT2D eigenvalue weighted by Crippen LogP contribution is -2.23. The molecular weight excluding hydrogens is 230 g/mol. The number of aryl methyl sites for hydroxylation is 2. The number of carbonyl (C=O) groups is 1. The van der Waals surface area contributed by atoms with Gasteiger partial charge in [0.1, 0.15) is 0 Å². The maximum atomic E-state index is 12.0. The van der Waals surface area contributed by atoms with Crippen molar-refractivity contribution in [3.63, 3.8) is 0 Å². The summed E-state index contributed by atoms with van der Waals surface area (Å²) in [6.45, 7) is 4.01. The predicted octanol–water partition coefficient (Wildman–Crippen LogP) is 1.80. The highest BCUT2D eigenvalue weighted by molar-refractivity contribution is 5.96. The van der Waals surface area contributed by atoms with E-state index in [1.54, 1.807) is 18.2 Å². The number of hydrogen-bond donors (Lipinski definition) is 2. The minimum Gasteiger partial charge on any atom is -0.399 e. The Bertz CT molecular complexity index is 575. The van der Waals surface area contributed by atoms with Crippen LogP contribution in [-0.4, -0.2) is 11.1 Å². The molecule has 1 heterocycles. The summed E-state index contributed by atoms with van der Waals surface area (Å²) in [6, 6.07) is 7.04. The van der Waals surface area contributed by atoms with Gasteiger partial charge >= 0.3 is 0 Å². The van der Waals surface area contributed by atoms with Crippen LogP contribution in [0.1, 0.15) is 27.4 Å². The van der Waals surface area contributed by atoms with Crippen LogP contribution in [0.5, 0.6) is 0 Å².